The standard InChI is InChI=1S/C23H21NO5/c1-28-22(26)18-11-6-10-17(13-18)21(25)24-20(23(27)29-2)14-16-9-5-8-15-7-3-4-12-19(15)16/h3-13,20H,14H2,1-2H3,(H,24,25)/t20-/m1/s1. The molecule has 3 rings (SSSR count). The zero-order chi connectivity index (χ0) is 20.8. The summed E-state index contributed by atoms with van der Waals surface area (Å²) >= 11 is 0. The van der Waals surface area contributed by atoms with E-state index in [-0.39, 0.29) is 17.5 Å². The van der Waals surface area contributed by atoms with E-state index in [0.717, 1.165) is 16.3 Å². The van der Waals surface area contributed by atoms with E-state index in [2.05, 4.69) is 10.1 Å². The average molecular weight is 391 g/mol. The van der Waals surface area contributed by atoms with Gasteiger partial charge < -0.3 is 14.8 Å². The smallest absolute Gasteiger partial charge is 0.337 e. The lowest BCUT2D eigenvalue weighted by molar-refractivity contribution is -0.142. The molecule has 0 bridgehead atoms. The number of amides is 1. The van der Waals surface area contributed by atoms with Crippen LogP contribution in [0.5, 0.6) is 0 Å². The first kappa shape index (κ1) is 20.1. The van der Waals surface area contributed by atoms with E-state index in [9.17, 15) is 14.4 Å². The molecule has 0 saturated carbocycles. The number of carbonyl (C=O) groups excluding carboxylic acids is 3. The first-order valence-corrected chi connectivity index (χ1v) is 9.07. The predicted molar refractivity (Wildman–Crippen MR) is 109 cm³/mol. The molecule has 0 aliphatic heterocycles. The molecule has 3 aromatic carbocycles. The van der Waals surface area contributed by atoms with Crippen molar-refractivity contribution in [3.05, 3.63) is 83.4 Å². The van der Waals surface area contributed by atoms with Crippen molar-refractivity contribution >= 4 is 28.6 Å². The summed E-state index contributed by atoms with van der Waals surface area (Å²) in [5.74, 6) is -1.57. The molecule has 0 heterocycles. The molecule has 6 nitrogen and oxygen atoms in total. The molecule has 3 aromatic rings. The number of hydrogen-bond acceptors (Lipinski definition) is 5. The lowest BCUT2D eigenvalue weighted by Gasteiger charge is -2.18. The Morgan fingerprint density at radius 1 is 0.862 bits per heavy atom. The molecule has 1 amide bonds. The van der Waals surface area contributed by atoms with Crippen LogP contribution in [0.4, 0.5) is 0 Å². The molecule has 0 aliphatic carbocycles. The van der Waals surface area contributed by atoms with Crippen molar-refractivity contribution in [1.82, 2.24) is 5.32 Å². The van der Waals surface area contributed by atoms with Crippen molar-refractivity contribution in [1.29, 1.82) is 0 Å². The van der Waals surface area contributed by atoms with E-state index in [0.29, 0.717) is 0 Å². The average Bonchev–Trinajstić information content (AvgIpc) is 2.77. The number of nitrogens with one attached hydrogen (secondary N) is 1. The molecular formula is C23H21NO5. The molecule has 0 radical (unpaired) electrons. The maximum atomic E-state index is 12.7. The van der Waals surface area contributed by atoms with Gasteiger partial charge >= 0.3 is 11.9 Å². The number of ether oxygens (including phenoxy) is 2. The fourth-order valence-corrected chi connectivity index (χ4v) is 3.17. The highest BCUT2D eigenvalue weighted by Gasteiger charge is 2.24. The molecule has 6 heteroatoms. The van der Waals surface area contributed by atoms with Gasteiger partial charge in [-0.1, -0.05) is 48.5 Å². The van der Waals surface area contributed by atoms with Gasteiger partial charge in [0.2, 0.25) is 0 Å². The number of fused-ring (bicyclic) bond motifs is 1. The van der Waals surface area contributed by atoms with Crippen molar-refractivity contribution in [3.8, 4) is 0 Å². The Bertz CT molecular complexity index is 1050. The van der Waals surface area contributed by atoms with Crippen molar-refractivity contribution in [2.75, 3.05) is 14.2 Å². The van der Waals surface area contributed by atoms with Crippen LogP contribution < -0.4 is 5.32 Å². The van der Waals surface area contributed by atoms with E-state index in [1.165, 1.54) is 20.3 Å². The van der Waals surface area contributed by atoms with Gasteiger partial charge in [-0.2, -0.15) is 0 Å². The molecule has 0 saturated heterocycles. The summed E-state index contributed by atoms with van der Waals surface area (Å²) in [6.07, 6.45) is 0.274. The van der Waals surface area contributed by atoms with Crippen molar-refractivity contribution in [3.63, 3.8) is 0 Å². The van der Waals surface area contributed by atoms with Crippen LogP contribution in [0.25, 0.3) is 10.8 Å². The van der Waals surface area contributed by atoms with Crippen LogP contribution in [0, 0.1) is 0 Å². The van der Waals surface area contributed by atoms with E-state index >= 15 is 0 Å². The number of benzene rings is 3. The Hall–Kier alpha value is -3.67. The molecule has 0 spiro atoms. The minimum absolute atomic E-state index is 0.250. The third kappa shape index (κ3) is 4.60. The summed E-state index contributed by atoms with van der Waals surface area (Å²) in [7, 11) is 2.55. The van der Waals surface area contributed by atoms with E-state index < -0.39 is 23.9 Å². The summed E-state index contributed by atoms with van der Waals surface area (Å²) in [4.78, 5) is 36.8. The van der Waals surface area contributed by atoms with Gasteiger partial charge in [0.25, 0.3) is 5.91 Å². The number of esters is 2. The van der Waals surface area contributed by atoms with E-state index in [4.69, 9.17) is 4.74 Å². The number of carbonyl (C=O) groups is 3. The number of hydrogen-bond donors (Lipinski definition) is 1. The summed E-state index contributed by atoms with van der Waals surface area (Å²) < 4.78 is 9.57. The summed E-state index contributed by atoms with van der Waals surface area (Å²) in [6, 6.07) is 18.9. The largest absolute Gasteiger partial charge is 0.467 e. The fourth-order valence-electron chi connectivity index (χ4n) is 3.17. The van der Waals surface area contributed by atoms with Gasteiger partial charge in [-0.25, -0.2) is 9.59 Å². The lowest BCUT2D eigenvalue weighted by Crippen LogP contribution is -2.43. The van der Waals surface area contributed by atoms with Gasteiger partial charge in [0, 0.05) is 12.0 Å². The molecule has 1 N–H and O–H groups in total. The van der Waals surface area contributed by atoms with E-state index in [1.807, 2.05) is 42.5 Å². The number of methoxy groups -OCH3 is 2. The molecule has 0 fully saturated rings. The van der Waals surface area contributed by atoms with Crippen LogP contribution in [0.1, 0.15) is 26.3 Å². The molecule has 0 aliphatic rings. The van der Waals surface area contributed by atoms with Gasteiger partial charge in [-0.05, 0) is 34.5 Å². The van der Waals surface area contributed by atoms with Gasteiger partial charge in [0.05, 0.1) is 19.8 Å². The molecule has 0 aromatic heterocycles. The lowest BCUT2D eigenvalue weighted by atomic mass is 9.98. The predicted octanol–water partition coefficient (Wildman–Crippen LogP) is 3.14. The normalized spacial score (nSPS) is 11.5. The van der Waals surface area contributed by atoms with Crippen LogP contribution in [0.15, 0.2) is 66.7 Å². The quantitative estimate of drug-likeness (QED) is 0.653. The van der Waals surface area contributed by atoms with Gasteiger partial charge in [-0.3, -0.25) is 4.79 Å². The maximum Gasteiger partial charge on any atom is 0.337 e. The summed E-state index contributed by atoms with van der Waals surface area (Å²) in [5, 5.41) is 4.77. The Morgan fingerprint density at radius 2 is 1.55 bits per heavy atom. The van der Waals surface area contributed by atoms with Crippen LogP contribution >= 0.6 is 0 Å². The van der Waals surface area contributed by atoms with Gasteiger partial charge in [0.1, 0.15) is 6.04 Å². The highest BCUT2D eigenvalue weighted by molar-refractivity contribution is 5.99. The molecule has 148 valence electrons. The highest BCUT2D eigenvalue weighted by Crippen LogP contribution is 2.20. The zero-order valence-corrected chi connectivity index (χ0v) is 16.2. The summed E-state index contributed by atoms with van der Waals surface area (Å²) in [5.41, 5.74) is 1.42. The second-order valence-corrected chi connectivity index (χ2v) is 6.46. The summed E-state index contributed by atoms with van der Waals surface area (Å²) in [6.45, 7) is 0. The Balaban J connectivity index is 1.85. The minimum Gasteiger partial charge on any atom is -0.467 e. The zero-order valence-electron chi connectivity index (χ0n) is 16.2. The van der Waals surface area contributed by atoms with Crippen LogP contribution in [0.3, 0.4) is 0 Å². The first-order chi connectivity index (χ1) is 14.0. The molecule has 29 heavy (non-hydrogen) atoms. The Labute approximate surface area is 168 Å². The van der Waals surface area contributed by atoms with Gasteiger partial charge in [-0.15, -0.1) is 0 Å². The van der Waals surface area contributed by atoms with Gasteiger partial charge in [0.15, 0.2) is 0 Å². The highest BCUT2D eigenvalue weighted by atomic mass is 16.5. The molecule has 0 unspecified atom stereocenters. The Kier molecular flexibility index (Phi) is 6.24. The molecule has 1 atom stereocenters. The van der Waals surface area contributed by atoms with Crippen LogP contribution in [-0.2, 0) is 20.7 Å². The van der Waals surface area contributed by atoms with Crippen LogP contribution in [-0.4, -0.2) is 38.1 Å². The first-order valence-electron chi connectivity index (χ1n) is 9.07. The van der Waals surface area contributed by atoms with Crippen molar-refractivity contribution in [2.45, 2.75) is 12.5 Å². The monoisotopic (exact) mass is 391 g/mol. The third-order valence-electron chi connectivity index (χ3n) is 4.64. The minimum atomic E-state index is -0.875. The third-order valence-corrected chi connectivity index (χ3v) is 4.64. The fraction of sp³-hybridized carbons (Fsp3) is 0.174. The maximum absolute atomic E-state index is 12.7. The Morgan fingerprint density at radius 3 is 2.31 bits per heavy atom. The van der Waals surface area contributed by atoms with Crippen molar-refractivity contribution < 1.29 is 23.9 Å². The topological polar surface area (TPSA) is 81.7 Å². The SMILES string of the molecule is COC(=O)c1cccc(C(=O)N[C@H](Cc2cccc3ccccc23)C(=O)OC)c1. The number of rotatable bonds is 6. The van der Waals surface area contributed by atoms with Crippen LogP contribution in [0.2, 0.25) is 0 Å². The van der Waals surface area contributed by atoms with Crippen molar-refractivity contribution in [2.24, 2.45) is 0 Å². The second kappa shape index (κ2) is 9.01. The second-order valence-electron chi connectivity index (χ2n) is 6.46. The van der Waals surface area contributed by atoms with E-state index in [1.54, 1.807) is 18.2 Å². The molecular weight excluding hydrogens is 370 g/mol.